The Morgan fingerprint density at radius 3 is 2.59 bits per heavy atom. The van der Waals surface area contributed by atoms with E-state index >= 15 is 0 Å². The fourth-order valence-electron chi connectivity index (χ4n) is 2.78. The molecular weight excluding hydrogens is 425 g/mol. The van der Waals surface area contributed by atoms with E-state index in [2.05, 4.69) is 15.2 Å². The average Bonchev–Trinajstić information content (AvgIpc) is 3.39. The largest absolute Gasteiger partial charge is 0.493 e. The number of hydrogen-bond acceptors (Lipinski definition) is 4. The van der Waals surface area contributed by atoms with Crippen molar-refractivity contribution in [1.82, 2.24) is 9.78 Å². The molecule has 0 radical (unpaired) electrons. The van der Waals surface area contributed by atoms with E-state index < -0.39 is 36.0 Å². The second kappa shape index (κ2) is 8.05. The lowest BCUT2D eigenvalue weighted by molar-refractivity contribution is -0.141. The zero-order chi connectivity index (χ0) is 21.3. The van der Waals surface area contributed by atoms with E-state index in [1.54, 1.807) is 0 Å². The molecule has 12 heteroatoms. The number of amides is 1. The standard InChI is InChI=1S/C17H15ClF5N3O3/c1-28-11-6-9(4-5-10(11)29-16(19)20)24-12(27)7-26-14(8-2-3-8)13(18)15(25-26)17(21,22)23/h4-6,8,16H,2-3,7H2,1H3,(H,24,27). The highest BCUT2D eigenvalue weighted by atomic mass is 35.5. The summed E-state index contributed by atoms with van der Waals surface area (Å²) in [6.45, 7) is -3.56. The maximum Gasteiger partial charge on any atom is 0.436 e. The number of carbonyl (C=O) groups excluding carboxylic acids is 1. The molecule has 0 bridgehead atoms. The lowest BCUT2D eigenvalue weighted by Crippen LogP contribution is -2.21. The number of benzene rings is 1. The van der Waals surface area contributed by atoms with Crippen molar-refractivity contribution < 1.29 is 36.2 Å². The van der Waals surface area contributed by atoms with Gasteiger partial charge in [-0.25, -0.2) is 0 Å². The molecule has 6 nitrogen and oxygen atoms in total. The summed E-state index contributed by atoms with van der Waals surface area (Å²) < 4.78 is 74.1. The summed E-state index contributed by atoms with van der Waals surface area (Å²) >= 11 is 5.86. The number of rotatable bonds is 7. The molecule has 1 N–H and O–H groups in total. The fourth-order valence-corrected chi connectivity index (χ4v) is 3.17. The van der Waals surface area contributed by atoms with E-state index in [-0.39, 0.29) is 28.8 Å². The Balaban J connectivity index is 1.78. The Morgan fingerprint density at radius 2 is 2.03 bits per heavy atom. The van der Waals surface area contributed by atoms with Gasteiger partial charge in [0.1, 0.15) is 6.54 Å². The van der Waals surface area contributed by atoms with Crippen LogP contribution in [0.5, 0.6) is 11.5 Å². The van der Waals surface area contributed by atoms with Crippen LogP contribution in [0.2, 0.25) is 5.02 Å². The summed E-state index contributed by atoms with van der Waals surface area (Å²) in [5.41, 5.74) is -0.882. The van der Waals surface area contributed by atoms with Crippen molar-refractivity contribution in [2.24, 2.45) is 0 Å². The molecule has 29 heavy (non-hydrogen) atoms. The maximum atomic E-state index is 13.1. The van der Waals surface area contributed by atoms with Gasteiger partial charge in [-0.2, -0.15) is 27.1 Å². The van der Waals surface area contributed by atoms with Gasteiger partial charge in [-0.1, -0.05) is 11.6 Å². The molecule has 1 heterocycles. The molecule has 0 saturated heterocycles. The first kappa shape index (κ1) is 21.2. The van der Waals surface area contributed by atoms with Crippen LogP contribution in [0, 0.1) is 0 Å². The van der Waals surface area contributed by atoms with Crippen LogP contribution in [0.4, 0.5) is 27.6 Å². The van der Waals surface area contributed by atoms with E-state index in [0.717, 1.165) is 4.68 Å². The van der Waals surface area contributed by atoms with Gasteiger partial charge in [-0.15, -0.1) is 0 Å². The highest BCUT2D eigenvalue weighted by Gasteiger charge is 2.42. The molecule has 1 aromatic carbocycles. The zero-order valence-corrected chi connectivity index (χ0v) is 15.7. The van der Waals surface area contributed by atoms with Crippen molar-refractivity contribution in [2.75, 3.05) is 12.4 Å². The number of nitrogens with one attached hydrogen (secondary N) is 1. The maximum absolute atomic E-state index is 13.1. The Morgan fingerprint density at radius 1 is 1.34 bits per heavy atom. The van der Waals surface area contributed by atoms with Gasteiger partial charge in [0.05, 0.1) is 17.8 Å². The van der Waals surface area contributed by atoms with Crippen molar-refractivity contribution in [3.63, 3.8) is 0 Å². The third-order valence-corrected chi connectivity index (χ3v) is 4.49. The molecule has 0 aliphatic heterocycles. The van der Waals surface area contributed by atoms with E-state index in [9.17, 15) is 26.7 Å². The SMILES string of the molecule is COc1cc(NC(=O)Cn2nc(C(F)(F)F)c(Cl)c2C2CC2)ccc1OC(F)F. The second-order valence-corrected chi connectivity index (χ2v) is 6.65. The van der Waals surface area contributed by atoms with Crippen LogP contribution in [-0.4, -0.2) is 29.4 Å². The molecule has 0 unspecified atom stereocenters. The third kappa shape index (κ3) is 4.89. The number of methoxy groups -OCH3 is 1. The van der Waals surface area contributed by atoms with Crippen molar-refractivity contribution in [1.29, 1.82) is 0 Å². The molecule has 0 atom stereocenters. The Kier molecular flexibility index (Phi) is 5.87. The van der Waals surface area contributed by atoms with Crippen LogP contribution in [-0.2, 0) is 17.5 Å². The molecule has 1 aliphatic carbocycles. The highest BCUT2D eigenvalue weighted by Crippen LogP contribution is 2.46. The van der Waals surface area contributed by atoms with Crippen LogP contribution in [0.3, 0.4) is 0 Å². The molecule has 1 amide bonds. The first-order valence-electron chi connectivity index (χ1n) is 8.36. The first-order valence-corrected chi connectivity index (χ1v) is 8.74. The molecule has 1 saturated carbocycles. The van der Waals surface area contributed by atoms with Gasteiger partial charge in [-0.05, 0) is 25.0 Å². The number of alkyl halides is 5. The Bertz CT molecular complexity index is 912. The van der Waals surface area contributed by atoms with Gasteiger partial charge >= 0.3 is 12.8 Å². The quantitative estimate of drug-likeness (QED) is 0.636. The Hall–Kier alpha value is -2.56. The van der Waals surface area contributed by atoms with E-state index in [0.29, 0.717) is 12.8 Å². The summed E-state index contributed by atoms with van der Waals surface area (Å²) in [5.74, 6) is -1.14. The van der Waals surface area contributed by atoms with E-state index in [1.165, 1.54) is 25.3 Å². The monoisotopic (exact) mass is 439 g/mol. The summed E-state index contributed by atoms with van der Waals surface area (Å²) in [7, 11) is 1.23. The van der Waals surface area contributed by atoms with Crippen LogP contribution >= 0.6 is 11.6 Å². The molecule has 2 aromatic rings. The Labute approximate surface area is 166 Å². The number of carbonyl (C=O) groups is 1. The molecule has 158 valence electrons. The van der Waals surface area contributed by atoms with Crippen LogP contribution in [0.25, 0.3) is 0 Å². The zero-order valence-electron chi connectivity index (χ0n) is 14.9. The smallest absolute Gasteiger partial charge is 0.436 e. The first-order chi connectivity index (χ1) is 13.6. The second-order valence-electron chi connectivity index (χ2n) is 6.27. The van der Waals surface area contributed by atoms with E-state index in [1.807, 2.05) is 0 Å². The number of halogens is 6. The number of aromatic nitrogens is 2. The highest BCUT2D eigenvalue weighted by molar-refractivity contribution is 6.32. The predicted octanol–water partition coefficient (Wildman–Crippen LogP) is 4.68. The molecular formula is C17H15ClF5N3O3. The van der Waals surface area contributed by atoms with Crippen LogP contribution < -0.4 is 14.8 Å². The summed E-state index contributed by atoms with van der Waals surface area (Å²) in [6, 6.07) is 3.70. The predicted molar refractivity (Wildman–Crippen MR) is 92.5 cm³/mol. The van der Waals surface area contributed by atoms with Gasteiger partial charge in [0.2, 0.25) is 5.91 Å². The minimum absolute atomic E-state index is 0.0525. The fraction of sp³-hybridized carbons (Fsp3) is 0.412. The lowest BCUT2D eigenvalue weighted by Gasteiger charge is -2.12. The van der Waals surface area contributed by atoms with Gasteiger partial charge < -0.3 is 14.8 Å². The van der Waals surface area contributed by atoms with Gasteiger partial charge in [0.25, 0.3) is 0 Å². The van der Waals surface area contributed by atoms with Gasteiger partial charge in [0, 0.05) is 17.7 Å². The summed E-state index contributed by atoms with van der Waals surface area (Å²) in [6.07, 6.45) is -3.42. The van der Waals surface area contributed by atoms with Gasteiger partial charge in [-0.3, -0.25) is 9.48 Å². The average molecular weight is 440 g/mol. The number of hydrogen-bond donors (Lipinski definition) is 1. The third-order valence-electron chi connectivity index (χ3n) is 4.12. The van der Waals surface area contributed by atoms with Crippen molar-refractivity contribution in [3.8, 4) is 11.5 Å². The number of ether oxygens (including phenoxy) is 2. The summed E-state index contributed by atoms with van der Waals surface area (Å²) in [4.78, 5) is 12.3. The topological polar surface area (TPSA) is 65.4 Å². The molecule has 1 aromatic heterocycles. The molecule has 0 spiro atoms. The van der Waals surface area contributed by atoms with Crippen LogP contribution in [0.1, 0.15) is 30.1 Å². The molecule has 1 aliphatic rings. The van der Waals surface area contributed by atoms with Crippen molar-refractivity contribution in [2.45, 2.75) is 38.1 Å². The molecule has 3 rings (SSSR count). The normalized spacial score (nSPS) is 14.2. The minimum Gasteiger partial charge on any atom is -0.493 e. The number of anilines is 1. The summed E-state index contributed by atoms with van der Waals surface area (Å²) in [5, 5.41) is 5.43. The lowest BCUT2D eigenvalue weighted by atomic mass is 10.2. The van der Waals surface area contributed by atoms with E-state index in [4.69, 9.17) is 16.3 Å². The molecule has 1 fully saturated rings. The minimum atomic E-state index is -4.74. The van der Waals surface area contributed by atoms with Crippen LogP contribution in [0.15, 0.2) is 18.2 Å². The van der Waals surface area contributed by atoms with Gasteiger partial charge in [0.15, 0.2) is 17.2 Å². The number of nitrogens with zero attached hydrogens (tertiary/aromatic N) is 2. The van der Waals surface area contributed by atoms with Crippen molar-refractivity contribution >= 4 is 23.2 Å². The van der Waals surface area contributed by atoms with Crippen molar-refractivity contribution in [3.05, 3.63) is 34.6 Å².